The van der Waals surface area contributed by atoms with Crippen molar-refractivity contribution in [2.24, 2.45) is 0 Å². The van der Waals surface area contributed by atoms with Gasteiger partial charge in [0.1, 0.15) is 5.54 Å². The molecule has 0 atom stereocenters. The Balaban J connectivity index is 2.32. The van der Waals surface area contributed by atoms with Crippen molar-refractivity contribution in [2.45, 2.75) is 38.6 Å². The zero-order valence-electron chi connectivity index (χ0n) is 12.1. The van der Waals surface area contributed by atoms with Crippen molar-refractivity contribution >= 4 is 12.0 Å². The van der Waals surface area contributed by atoms with Gasteiger partial charge in [-0.1, -0.05) is 6.42 Å². The standard InChI is InChI=1S/C13H25N3O3/c1-13(2,11(17)18)15(3)12(19)14-7-10-16-8-5-4-6-9-16/h4-10H2,1-3H3,(H,14,19)(H,17,18). The average Bonchev–Trinajstić information content (AvgIpc) is 2.38. The van der Waals surface area contributed by atoms with Crippen LogP contribution in [0.25, 0.3) is 0 Å². The van der Waals surface area contributed by atoms with E-state index in [1.54, 1.807) is 0 Å². The molecule has 2 amide bonds. The van der Waals surface area contributed by atoms with Gasteiger partial charge in [0.25, 0.3) is 0 Å². The molecule has 0 unspecified atom stereocenters. The first-order chi connectivity index (χ1) is 8.85. The van der Waals surface area contributed by atoms with Crippen LogP contribution in [0.4, 0.5) is 4.79 Å². The SMILES string of the molecule is CN(C(=O)NCCN1CCCCC1)C(C)(C)C(=O)O. The zero-order valence-corrected chi connectivity index (χ0v) is 12.1. The van der Waals surface area contributed by atoms with Crippen LogP contribution in [0.5, 0.6) is 0 Å². The molecule has 2 N–H and O–H groups in total. The number of piperidine rings is 1. The number of hydrogen-bond acceptors (Lipinski definition) is 3. The molecule has 1 rings (SSSR count). The molecular formula is C13H25N3O3. The highest BCUT2D eigenvalue weighted by atomic mass is 16.4. The highest BCUT2D eigenvalue weighted by Gasteiger charge is 2.35. The van der Waals surface area contributed by atoms with Gasteiger partial charge in [-0.2, -0.15) is 0 Å². The first-order valence-corrected chi connectivity index (χ1v) is 6.83. The third-order valence-corrected chi connectivity index (χ3v) is 3.82. The Hall–Kier alpha value is -1.30. The molecule has 1 aliphatic heterocycles. The van der Waals surface area contributed by atoms with Gasteiger partial charge in [-0.25, -0.2) is 9.59 Å². The fourth-order valence-corrected chi connectivity index (χ4v) is 2.02. The number of likely N-dealkylation sites (N-methyl/N-ethyl adjacent to an activating group) is 1. The first kappa shape index (κ1) is 15.8. The van der Waals surface area contributed by atoms with E-state index in [4.69, 9.17) is 5.11 Å². The highest BCUT2D eigenvalue weighted by Crippen LogP contribution is 2.12. The van der Waals surface area contributed by atoms with E-state index in [0.29, 0.717) is 6.54 Å². The average molecular weight is 271 g/mol. The number of carbonyl (C=O) groups is 2. The quantitative estimate of drug-likeness (QED) is 0.781. The zero-order chi connectivity index (χ0) is 14.5. The Morgan fingerprint density at radius 1 is 1.26 bits per heavy atom. The molecule has 6 heteroatoms. The molecule has 110 valence electrons. The predicted molar refractivity (Wildman–Crippen MR) is 73.2 cm³/mol. The van der Waals surface area contributed by atoms with E-state index in [2.05, 4.69) is 10.2 Å². The lowest BCUT2D eigenvalue weighted by Crippen LogP contribution is -2.54. The minimum absolute atomic E-state index is 0.343. The van der Waals surface area contributed by atoms with Crippen molar-refractivity contribution in [1.29, 1.82) is 0 Å². The van der Waals surface area contributed by atoms with Crippen LogP contribution >= 0.6 is 0 Å². The molecule has 0 saturated carbocycles. The minimum Gasteiger partial charge on any atom is -0.480 e. The van der Waals surface area contributed by atoms with E-state index < -0.39 is 11.5 Å². The normalized spacial score (nSPS) is 17.0. The Labute approximate surface area is 114 Å². The maximum absolute atomic E-state index is 11.9. The van der Waals surface area contributed by atoms with E-state index in [1.165, 1.54) is 45.1 Å². The number of nitrogens with one attached hydrogen (secondary N) is 1. The van der Waals surface area contributed by atoms with Gasteiger partial charge in [-0.05, 0) is 39.8 Å². The van der Waals surface area contributed by atoms with Crippen LogP contribution in [0.15, 0.2) is 0 Å². The molecule has 0 radical (unpaired) electrons. The van der Waals surface area contributed by atoms with Gasteiger partial charge in [0.15, 0.2) is 0 Å². The molecular weight excluding hydrogens is 246 g/mol. The van der Waals surface area contributed by atoms with Gasteiger partial charge in [-0.15, -0.1) is 0 Å². The van der Waals surface area contributed by atoms with Crippen LogP contribution < -0.4 is 5.32 Å². The number of urea groups is 1. The second-order valence-electron chi connectivity index (χ2n) is 5.56. The van der Waals surface area contributed by atoms with Gasteiger partial charge in [0, 0.05) is 20.1 Å². The summed E-state index contributed by atoms with van der Waals surface area (Å²) in [5.41, 5.74) is -1.20. The molecule has 1 saturated heterocycles. The Kier molecular flexibility index (Phi) is 5.60. The van der Waals surface area contributed by atoms with E-state index >= 15 is 0 Å². The maximum Gasteiger partial charge on any atom is 0.329 e. The van der Waals surface area contributed by atoms with E-state index in [1.807, 2.05) is 0 Å². The largest absolute Gasteiger partial charge is 0.480 e. The number of likely N-dealkylation sites (tertiary alicyclic amines) is 1. The Bertz CT molecular complexity index is 325. The lowest BCUT2D eigenvalue weighted by molar-refractivity contribution is -0.146. The molecule has 1 aliphatic rings. The monoisotopic (exact) mass is 271 g/mol. The number of rotatable bonds is 5. The van der Waals surface area contributed by atoms with Crippen molar-refractivity contribution in [2.75, 3.05) is 33.2 Å². The third kappa shape index (κ3) is 4.38. The maximum atomic E-state index is 11.9. The van der Waals surface area contributed by atoms with Crippen LogP contribution in [0.1, 0.15) is 33.1 Å². The molecule has 0 spiro atoms. The van der Waals surface area contributed by atoms with Gasteiger partial charge in [-0.3, -0.25) is 0 Å². The Morgan fingerprint density at radius 3 is 2.37 bits per heavy atom. The molecule has 0 bridgehead atoms. The summed E-state index contributed by atoms with van der Waals surface area (Å²) in [6.45, 7) is 6.59. The summed E-state index contributed by atoms with van der Waals surface area (Å²) in [7, 11) is 1.50. The van der Waals surface area contributed by atoms with Crippen LogP contribution in [-0.2, 0) is 4.79 Å². The lowest BCUT2D eigenvalue weighted by atomic mass is 10.1. The lowest BCUT2D eigenvalue weighted by Gasteiger charge is -2.32. The van der Waals surface area contributed by atoms with Crippen molar-refractivity contribution < 1.29 is 14.7 Å². The molecule has 0 aliphatic carbocycles. The highest BCUT2D eigenvalue weighted by molar-refractivity contribution is 5.85. The van der Waals surface area contributed by atoms with Crippen LogP contribution in [0.2, 0.25) is 0 Å². The second kappa shape index (κ2) is 6.75. The minimum atomic E-state index is -1.20. The van der Waals surface area contributed by atoms with Crippen molar-refractivity contribution in [3.8, 4) is 0 Å². The smallest absolute Gasteiger partial charge is 0.329 e. The Morgan fingerprint density at radius 2 is 1.84 bits per heavy atom. The number of hydrogen-bond donors (Lipinski definition) is 2. The van der Waals surface area contributed by atoms with E-state index in [0.717, 1.165) is 19.6 Å². The predicted octanol–water partition coefficient (Wildman–Crippen LogP) is 0.977. The fraction of sp³-hybridized carbons (Fsp3) is 0.846. The summed E-state index contributed by atoms with van der Waals surface area (Å²) in [5, 5.41) is 11.8. The summed E-state index contributed by atoms with van der Waals surface area (Å²) in [6, 6.07) is -0.343. The van der Waals surface area contributed by atoms with Crippen LogP contribution in [-0.4, -0.2) is 65.7 Å². The van der Waals surface area contributed by atoms with Crippen LogP contribution in [0, 0.1) is 0 Å². The van der Waals surface area contributed by atoms with Gasteiger partial charge in [0.2, 0.25) is 0 Å². The third-order valence-electron chi connectivity index (χ3n) is 3.82. The van der Waals surface area contributed by atoms with Gasteiger partial charge < -0.3 is 20.2 Å². The number of nitrogens with zero attached hydrogens (tertiary/aromatic N) is 2. The summed E-state index contributed by atoms with van der Waals surface area (Å²) >= 11 is 0. The van der Waals surface area contributed by atoms with Crippen molar-refractivity contribution in [3.63, 3.8) is 0 Å². The van der Waals surface area contributed by atoms with Gasteiger partial charge in [0.05, 0.1) is 0 Å². The summed E-state index contributed by atoms with van der Waals surface area (Å²) in [6.07, 6.45) is 3.73. The van der Waals surface area contributed by atoms with E-state index in [9.17, 15) is 9.59 Å². The van der Waals surface area contributed by atoms with Crippen molar-refractivity contribution in [3.05, 3.63) is 0 Å². The molecule has 1 fully saturated rings. The van der Waals surface area contributed by atoms with Gasteiger partial charge >= 0.3 is 12.0 Å². The number of aliphatic carboxylic acids is 1. The molecule has 0 aromatic heterocycles. The summed E-state index contributed by atoms with van der Waals surface area (Å²) < 4.78 is 0. The molecule has 1 heterocycles. The summed E-state index contributed by atoms with van der Waals surface area (Å²) in [4.78, 5) is 26.5. The number of carboxylic acid groups (broad SMARTS) is 1. The number of carbonyl (C=O) groups excluding carboxylic acids is 1. The summed E-state index contributed by atoms with van der Waals surface area (Å²) in [5.74, 6) is -1.01. The fourth-order valence-electron chi connectivity index (χ4n) is 2.02. The molecule has 0 aromatic rings. The topological polar surface area (TPSA) is 72.9 Å². The molecule has 6 nitrogen and oxygen atoms in total. The second-order valence-corrected chi connectivity index (χ2v) is 5.56. The first-order valence-electron chi connectivity index (χ1n) is 6.83. The number of carboxylic acids is 1. The van der Waals surface area contributed by atoms with Crippen LogP contribution in [0.3, 0.4) is 0 Å². The van der Waals surface area contributed by atoms with Crippen molar-refractivity contribution in [1.82, 2.24) is 15.1 Å². The molecule has 0 aromatic carbocycles. The number of amides is 2. The molecule has 19 heavy (non-hydrogen) atoms. The van der Waals surface area contributed by atoms with E-state index in [-0.39, 0.29) is 6.03 Å².